The summed E-state index contributed by atoms with van der Waals surface area (Å²) in [5.41, 5.74) is 5.10. The van der Waals surface area contributed by atoms with Crippen molar-refractivity contribution >= 4 is 40.8 Å². The largest absolute Gasteiger partial charge is 0.409 e. The van der Waals surface area contributed by atoms with Gasteiger partial charge in [0.15, 0.2) is 5.84 Å². The minimum absolute atomic E-state index is 0.0794. The fourth-order valence-corrected chi connectivity index (χ4v) is 1.73. The van der Waals surface area contributed by atoms with Crippen LogP contribution in [0.2, 0.25) is 10.0 Å². The van der Waals surface area contributed by atoms with Crippen molar-refractivity contribution in [3.8, 4) is 0 Å². The maximum atomic E-state index is 11.9. The molecular formula is C12H16Cl2N4O2. The summed E-state index contributed by atoms with van der Waals surface area (Å²) in [5, 5.41) is 17.6. The first-order chi connectivity index (χ1) is 9.32. The normalized spacial score (nSPS) is 14.5. The lowest BCUT2D eigenvalue weighted by Gasteiger charge is -2.28. The van der Waals surface area contributed by atoms with Crippen LogP contribution in [0.5, 0.6) is 0 Å². The summed E-state index contributed by atoms with van der Waals surface area (Å²) in [7, 11) is 0. The Kier molecular flexibility index (Phi) is 5.47. The maximum Gasteiger partial charge on any atom is 0.320 e. The number of carbonyl (C=O) groups excluding carboxylic acids is 1. The van der Waals surface area contributed by atoms with Crippen LogP contribution in [-0.4, -0.2) is 22.6 Å². The SMILES string of the molecule is CCC(C)(NC(=O)Nc1ccc(Cl)c(Cl)c1)/C(N)=N/O. The van der Waals surface area contributed by atoms with Crippen LogP contribution >= 0.6 is 23.2 Å². The molecule has 0 fully saturated rings. The predicted octanol–water partition coefficient (Wildman–Crippen LogP) is 3.03. The number of rotatable bonds is 4. The molecule has 1 unspecified atom stereocenters. The molecule has 1 aromatic rings. The van der Waals surface area contributed by atoms with Crippen molar-refractivity contribution in [2.45, 2.75) is 25.8 Å². The zero-order valence-corrected chi connectivity index (χ0v) is 12.6. The molecule has 0 heterocycles. The van der Waals surface area contributed by atoms with E-state index in [-0.39, 0.29) is 5.84 Å². The summed E-state index contributed by atoms with van der Waals surface area (Å²) < 4.78 is 0. The Labute approximate surface area is 126 Å². The molecule has 0 saturated carbocycles. The van der Waals surface area contributed by atoms with Gasteiger partial charge in [0.1, 0.15) is 0 Å². The second-order valence-electron chi connectivity index (χ2n) is 4.38. The van der Waals surface area contributed by atoms with E-state index in [0.29, 0.717) is 22.2 Å². The molecule has 1 aromatic carbocycles. The summed E-state index contributed by atoms with van der Waals surface area (Å²) in [5.74, 6) is -0.0794. The Hall–Kier alpha value is -1.66. The third kappa shape index (κ3) is 3.91. The van der Waals surface area contributed by atoms with Gasteiger partial charge >= 0.3 is 6.03 Å². The van der Waals surface area contributed by atoms with E-state index in [9.17, 15) is 4.79 Å². The number of halogens is 2. The highest BCUT2D eigenvalue weighted by molar-refractivity contribution is 6.42. The molecule has 0 saturated heterocycles. The second-order valence-corrected chi connectivity index (χ2v) is 5.19. The highest BCUT2D eigenvalue weighted by Crippen LogP contribution is 2.25. The van der Waals surface area contributed by atoms with Gasteiger partial charge in [0.2, 0.25) is 0 Å². The molecule has 1 atom stereocenters. The first-order valence-corrected chi connectivity index (χ1v) is 6.60. The third-order valence-corrected chi connectivity index (χ3v) is 3.69. The monoisotopic (exact) mass is 318 g/mol. The average Bonchev–Trinajstić information content (AvgIpc) is 2.41. The minimum Gasteiger partial charge on any atom is -0.409 e. The van der Waals surface area contributed by atoms with Gasteiger partial charge in [-0.1, -0.05) is 35.3 Å². The quantitative estimate of drug-likeness (QED) is 0.297. The number of nitrogens with zero attached hydrogens (tertiary/aromatic N) is 1. The highest BCUT2D eigenvalue weighted by Gasteiger charge is 2.29. The Morgan fingerprint density at radius 3 is 2.60 bits per heavy atom. The zero-order chi connectivity index (χ0) is 15.3. The molecule has 20 heavy (non-hydrogen) atoms. The van der Waals surface area contributed by atoms with Crippen molar-refractivity contribution in [2.24, 2.45) is 10.9 Å². The topological polar surface area (TPSA) is 99.7 Å². The van der Waals surface area contributed by atoms with Crippen molar-refractivity contribution in [3.63, 3.8) is 0 Å². The van der Waals surface area contributed by atoms with Crippen LogP contribution in [0.4, 0.5) is 10.5 Å². The van der Waals surface area contributed by atoms with Crippen molar-refractivity contribution < 1.29 is 10.0 Å². The molecular weight excluding hydrogens is 303 g/mol. The molecule has 110 valence electrons. The number of nitrogens with one attached hydrogen (secondary N) is 2. The Morgan fingerprint density at radius 1 is 1.45 bits per heavy atom. The number of amidine groups is 1. The number of carbonyl (C=O) groups is 1. The lowest BCUT2D eigenvalue weighted by Crippen LogP contribution is -2.56. The minimum atomic E-state index is -0.949. The number of benzene rings is 1. The number of amides is 2. The standard InChI is InChI=1S/C12H16Cl2N4O2/c1-3-12(2,10(15)18-20)17-11(19)16-7-4-5-8(13)9(14)6-7/h4-6,20H,3H2,1-2H3,(H2,15,18)(H2,16,17,19). The Bertz CT molecular complexity index is 536. The molecule has 0 spiro atoms. The molecule has 0 aliphatic carbocycles. The van der Waals surface area contributed by atoms with Crippen LogP contribution in [0, 0.1) is 0 Å². The molecule has 0 radical (unpaired) electrons. The first-order valence-electron chi connectivity index (χ1n) is 5.84. The average molecular weight is 319 g/mol. The van der Waals surface area contributed by atoms with Crippen LogP contribution in [0.1, 0.15) is 20.3 Å². The molecule has 6 nitrogen and oxygen atoms in total. The zero-order valence-electron chi connectivity index (χ0n) is 11.1. The summed E-state index contributed by atoms with van der Waals surface area (Å²) >= 11 is 11.6. The number of hydrogen-bond donors (Lipinski definition) is 4. The van der Waals surface area contributed by atoms with E-state index < -0.39 is 11.6 Å². The molecule has 0 aromatic heterocycles. The van der Waals surface area contributed by atoms with Crippen LogP contribution in [-0.2, 0) is 0 Å². The molecule has 8 heteroatoms. The van der Waals surface area contributed by atoms with Gasteiger partial charge in [-0.05, 0) is 31.5 Å². The van der Waals surface area contributed by atoms with Crippen molar-refractivity contribution in [3.05, 3.63) is 28.2 Å². The van der Waals surface area contributed by atoms with Crippen molar-refractivity contribution in [1.82, 2.24) is 5.32 Å². The van der Waals surface area contributed by atoms with Gasteiger partial charge < -0.3 is 21.6 Å². The lowest BCUT2D eigenvalue weighted by molar-refractivity contribution is 0.244. The number of anilines is 1. The fourth-order valence-electron chi connectivity index (χ4n) is 1.43. The van der Waals surface area contributed by atoms with Gasteiger partial charge in [0.05, 0.1) is 15.6 Å². The van der Waals surface area contributed by atoms with Crippen molar-refractivity contribution in [1.29, 1.82) is 0 Å². The third-order valence-electron chi connectivity index (χ3n) is 2.95. The molecule has 2 amide bonds. The smallest absolute Gasteiger partial charge is 0.320 e. The van der Waals surface area contributed by atoms with Crippen LogP contribution in [0.15, 0.2) is 23.4 Å². The van der Waals surface area contributed by atoms with Gasteiger partial charge in [-0.15, -0.1) is 0 Å². The Balaban J connectivity index is 2.79. The second kappa shape index (κ2) is 6.67. The summed E-state index contributed by atoms with van der Waals surface area (Å²) in [6, 6.07) is 4.21. The van der Waals surface area contributed by atoms with Crippen LogP contribution < -0.4 is 16.4 Å². The van der Waals surface area contributed by atoms with Gasteiger partial charge in [0, 0.05) is 5.69 Å². The van der Waals surface area contributed by atoms with Gasteiger partial charge in [-0.3, -0.25) is 0 Å². The molecule has 1 rings (SSSR count). The fraction of sp³-hybridized carbons (Fsp3) is 0.333. The van der Waals surface area contributed by atoms with E-state index >= 15 is 0 Å². The van der Waals surface area contributed by atoms with E-state index in [1.54, 1.807) is 26.0 Å². The summed E-state index contributed by atoms with van der Waals surface area (Å²) in [4.78, 5) is 11.9. The number of oxime groups is 1. The van der Waals surface area contributed by atoms with E-state index in [1.807, 2.05) is 0 Å². The molecule has 0 aliphatic heterocycles. The van der Waals surface area contributed by atoms with Crippen molar-refractivity contribution in [2.75, 3.05) is 5.32 Å². The summed E-state index contributed by atoms with van der Waals surface area (Å²) in [6.07, 6.45) is 0.456. The number of nitrogens with two attached hydrogens (primary N) is 1. The predicted molar refractivity (Wildman–Crippen MR) is 80.7 cm³/mol. The number of hydrogen-bond acceptors (Lipinski definition) is 3. The molecule has 5 N–H and O–H groups in total. The summed E-state index contributed by atoms with van der Waals surface area (Å²) in [6.45, 7) is 3.45. The Morgan fingerprint density at radius 2 is 2.10 bits per heavy atom. The lowest BCUT2D eigenvalue weighted by atomic mass is 9.98. The van der Waals surface area contributed by atoms with Gasteiger partial charge in [0.25, 0.3) is 0 Å². The maximum absolute atomic E-state index is 11.9. The van der Waals surface area contributed by atoms with E-state index in [1.165, 1.54) is 6.07 Å². The van der Waals surface area contributed by atoms with Crippen LogP contribution in [0.3, 0.4) is 0 Å². The first kappa shape index (κ1) is 16.4. The van der Waals surface area contributed by atoms with E-state index in [4.69, 9.17) is 34.1 Å². The number of urea groups is 1. The van der Waals surface area contributed by atoms with Gasteiger partial charge in [-0.2, -0.15) is 0 Å². The molecule has 0 aliphatic rings. The highest BCUT2D eigenvalue weighted by atomic mass is 35.5. The van der Waals surface area contributed by atoms with Crippen LogP contribution in [0.25, 0.3) is 0 Å². The van der Waals surface area contributed by atoms with E-state index in [0.717, 1.165) is 0 Å². The molecule has 0 bridgehead atoms. The van der Waals surface area contributed by atoms with Gasteiger partial charge in [-0.25, -0.2) is 4.79 Å². The van der Waals surface area contributed by atoms with E-state index in [2.05, 4.69) is 15.8 Å².